The van der Waals surface area contributed by atoms with Gasteiger partial charge in [-0.15, -0.1) is 10.2 Å². The SMILES string of the molecule is Oc1c(-c2nnc3c(ncn3[C@@H]3CCCNC3)c2C(F)F)ccc2occc12. The molecule has 144 valence electrons. The van der Waals surface area contributed by atoms with Crippen LogP contribution in [0.25, 0.3) is 33.4 Å². The lowest BCUT2D eigenvalue weighted by Crippen LogP contribution is -2.31. The van der Waals surface area contributed by atoms with Gasteiger partial charge in [-0.3, -0.25) is 0 Å². The Balaban J connectivity index is 1.71. The molecule has 0 saturated carbocycles. The number of hydrogen-bond acceptors (Lipinski definition) is 6. The largest absolute Gasteiger partial charge is 0.506 e. The molecule has 0 radical (unpaired) electrons. The number of rotatable bonds is 3. The van der Waals surface area contributed by atoms with Crippen LogP contribution in [0.1, 0.15) is 30.9 Å². The van der Waals surface area contributed by atoms with Crippen LogP contribution in [0.3, 0.4) is 0 Å². The monoisotopic (exact) mass is 385 g/mol. The number of piperidine rings is 1. The summed E-state index contributed by atoms with van der Waals surface area (Å²) in [6.07, 6.45) is 2.07. The van der Waals surface area contributed by atoms with E-state index >= 15 is 0 Å². The van der Waals surface area contributed by atoms with E-state index in [9.17, 15) is 13.9 Å². The Morgan fingerprint density at radius 1 is 1.25 bits per heavy atom. The summed E-state index contributed by atoms with van der Waals surface area (Å²) in [5.74, 6) is -0.169. The molecule has 1 aliphatic rings. The molecule has 28 heavy (non-hydrogen) atoms. The van der Waals surface area contributed by atoms with Crippen LogP contribution < -0.4 is 5.32 Å². The number of hydrogen-bond donors (Lipinski definition) is 2. The van der Waals surface area contributed by atoms with Crippen LogP contribution in [-0.2, 0) is 0 Å². The molecule has 7 nitrogen and oxygen atoms in total. The van der Waals surface area contributed by atoms with Crippen LogP contribution in [0.5, 0.6) is 5.75 Å². The zero-order valence-electron chi connectivity index (χ0n) is 14.8. The van der Waals surface area contributed by atoms with E-state index in [0.29, 0.717) is 16.6 Å². The molecule has 0 spiro atoms. The van der Waals surface area contributed by atoms with E-state index in [0.717, 1.165) is 25.9 Å². The number of aromatic hydroxyl groups is 1. The lowest BCUT2D eigenvalue weighted by Gasteiger charge is -2.24. The van der Waals surface area contributed by atoms with Crippen molar-refractivity contribution < 1.29 is 18.3 Å². The second-order valence-electron chi connectivity index (χ2n) is 6.88. The molecule has 1 aromatic carbocycles. The molecule has 0 amide bonds. The highest BCUT2D eigenvalue weighted by atomic mass is 19.3. The van der Waals surface area contributed by atoms with Gasteiger partial charge in [0.05, 0.1) is 23.5 Å². The van der Waals surface area contributed by atoms with Gasteiger partial charge in [-0.05, 0) is 37.6 Å². The minimum atomic E-state index is -2.82. The first-order valence-electron chi connectivity index (χ1n) is 9.06. The number of imidazole rings is 1. The number of nitrogens with zero attached hydrogens (tertiary/aromatic N) is 4. The van der Waals surface area contributed by atoms with Gasteiger partial charge in [-0.25, -0.2) is 13.8 Å². The summed E-state index contributed by atoms with van der Waals surface area (Å²) >= 11 is 0. The number of fused-ring (bicyclic) bond motifs is 2. The quantitative estimate of drug-likeness (QED) is 0.558. The van der Waals surface area contributed by atoms with Crippen molar-refractivity contribution in [2.75, 3.05) is 13.1 Å². The molecule has 1 fully saturated rings. The van der Waals surface area contributed by atoms with Crippen molar-refractivity contribution in [3.63, 3.8) is 0 Å². The Morgan fingerprint density at radius 2 is 2.14 bits per heavy atom. The number of aromatic nitrogens is 4. The van der Waals surface area contributed by atoms with Gasteiger partial charge in [0.25, 0.3) is 6.43 Å². The first kappa shape index (κ1) is 17.1. The minimum absolute atomic E-state index is 0.0740. The number of alkyl halides is 2. The summed E-state index contributed by atoms with van der Waals surface area (Å²) < 4.78 is 35.2. The molecule has 0 aliphatic carbocycles. The zero-order chi connectivity index (χ0) is 19.3. The van der Waals surface area contributed by atoms with Gasteiger partial charge in [-0.2, -0.15) is 0 Å². The van der Waals surface area contributed by atoms with E-state index in [1.807, 2.05) is 4.57 Å². The summed E-state index contributed by atoms with van der Waals surface area (Å²) in [6.45, 7) is 1.67. The van der Waals surface area contributed by atoms with Crippen LogP contribution in [0, 0.1) is 0 Å². The highest BCUT2D eigenvalue weighted by Crippen LogP contribution is 2.41. The number of halogens is 2. The number of phenols is 1. The van der Waals surface area contributed by atoms with Crippen LogP contribution in [0.2, 0.25) is 0 Å². The van der Waals surface area contributed by atoms with Crippen molar-refractivity contribution in [3.05, 3.63) is 36.4 Å². The standard InChI is InChI=1S/C19H17F2N5O2/c20-18(21)14-15(12-3-4-13-11(17(12)27)5-7-28-13)24-25-19-16(14)23-9-26(19)10-2-1-6-22-8-10/h3-5,7,9-10,18,22,27H,1-2,6,8H2/t10-/m1/s1. The van der Waals surface area contributed by atoms with Gasteiger partial charge in [0.15, 0.2) is 5.65 Å². The predicted octanol–water partition coefficient (Wildman–Crippen LogP) is 3.81. The fourth-order valence-electron chi connectivity index (χ4n) is 3.87. The molecule has 4 aromatic rings. The van der Waals surface area contributed by atoms with Gasteiger partial charge in [-0.1, -0.05) is 0 Å². The maximum absolute atomic E-state index is 14.1. The molecule has 1 saturated heterocycles. The Morgan fingerprint density at radius 3 is 2.93 bits per heavy atom. The van der Waals surface area contributed by atoms with Gasteiger partial charge >= 0.3 is 0 Å². The molecule has 4 heterocycles. The van der Waals surface area contributed by atoms with Gasteiger partial charge in [0.2, 0.25) is 0 Å². The van der Waals surface area contributed by atoms with E-state index < -0.39 is 6.43 Å². The minimum Gasteiger partial charge on any atom is -0.506 e. The molecule has 2 N–H and O–H groups in total. The fraction of sp³-hybridized carbons (Fsp3) is 0.316. The molecule has 0 unspecified atom stereocenters. The van der Waals surface area contributed by atoms with Gasteiger partial charge in [0.1, 0.15) is 22.5 Å². The smallest absolute Gasteiger partial charge is 0.268 e. The maximum atomic E-state index is 14.1. The van der Waals surface area contributed by atoms with Crippen molar-refractivity contribution in [1.29, 1.82) is 0 Å². The number of benzene rings is 1. The van der Waals surface area contributed by atoms with E-state index in [1.54, 1.807) is 18.5 Å². The van der Waals surface area contributed by atoms with E-state index in [-0.39, 0.29) is 34.1 Å². The summed E-state index contributed by atoms with van der Waals surface area (Å²) in [7, 11) is 0. The first-order valence-corrected chi connectivity index (χ1v) is 9.06. The summed E-state index contributed by atoms with van der Waals surface area (Å²) in [4.78, 5) is 4.24. The third-order valence-corrected chi connectivity index (χ3v) is 5.27. The van der Waals surface area contributed by atoms with Crippen molar-refractivity contribution in [3.8, 4) is 17.0 Å². The summed E-state index contributed by atoms with van der Waals surface area (Å²) in [5.41, 5.74) is 0.671. The van der Waals surface area contributed by atoms with Crippen LogP contribution in [0.4, 0.5) is 8.78 Å². The van der Waals surface area contributed by atoms with Crippen LogP contribution >= 0.6 is 0 Å². The van der Waals surface area contributed by atoms with Crippen molar-refractivity contribution in [1.82, 2.24) is 25.1 Å². The molecular weight excluding hydrogens is 368 g/mol. The zero-order valence-corrected chi connectivity index (χ0v) is 14.8. The fourth-order valence-corrected chi connectivity index (χ4v) is 3.87. The summed E-state index contributed by atoms with van der Waals surface area (Å²) in [6, 6.07) is 4.79. The third-order valence-electron chi connectivity index (χ3n) is 5.27. The molecule has 1 aliphatic heterocycles. The van der Waals surface area contributed by atoms with E-state index in [4.69, 9.17) is 4.42 Å². The normalized spacial score (nSPS) is 17.8. The molecule has 5 rings (SSSR count). The lowest BCUT2D eigenvalue weighted by molar-refractivity contribution is 0.153. The molecular formula is C19H17F2N5O2. The second kappa shape index (κ2) is 6.52. The van der Waals surface area contributed by atoms with Gasteiger partial charge < -0.3 is 19.4 Å². The van der Waals surface area contributed by atoms with Crippen molar-refractivity contribution >= 4 is 22.1 Å². The Labute approximate surface area is 158 Å². The maximum Gasteiger partial charge on any atom is 0.268 e. The van der Waals surface area contributed by atoms with E-state index in [1.165, 1.54) is 12.3 Å². The molecule has 3 aromatic heterocycles. The third kappa shape index (κ3) is 2.54. The van der Waals surface area contributed by atoms with Gasteiger partial charge in [0, 0.05) is 18.2 Å². The predicted molar refractivity (Wildman–Crippen MR) is 98.3 cm³/mol. The molecule has 0 bridgehead atoms. The Bertz CT molecular complexity index is 1160. The highest BCUT2D eigenvalue weighted by Gasteiger charge is 2.27. The number of phenolic OH excluding ortho intramolecular Hbond substituents is 1. The van der Waals surface area contributed by atoms with Crippen molar-refractivity contribution in [2.24, 2.45) is 0 Å². The summed E-state index contributed by atoms with van der Waals surface area (Å²) in [5, 5.41) is 22.6. The van der Waals surface area contributed by atoms with Crippen LogP contribution in [-0.4, -0.2) is 37.9 Å². The Hall–Kier alpha value is -3.07. The van der Waals surface area contributed by atoms with E-state index in [2.05, 4.69) is 20.5 Å². The van der Waals surface area contributed by atoms with Crippen LogP contribution in [0.15, 0.2) is 35.2 Å². The first-order chi connectivity index (χ1) is 13.6. The average Bonchev–Trinajstić information content (AvgIpc) is 3.35. The average molecular weight is 385 g/mol. The second-order valence-corrected chi connectivity index (χ2v) is 6.88. The topological polar surface area (TPSA) is 89.0 Å². The Kier molecular flexibility index (Phi) is 3.97. The molecule has 9 heteroatoms. The number of nitrogens with one attached hydrogen (secondary N) is 1. The lowest BCUT2D eigenvalue weighted by atomic mass is 10.0. The highest BCUT2D eigenvalue weighted by molar-refractivity contribution is 5.93. The molecule has 1 atom stereocenters. The van der Waals surface area contributed by atoms with Crippen molar-refractivity contribution in [2.45, 2.75) is 25.3 Å². The number of furan rings is 1.